The predicted molar refractivity (Wildman–Crippen MR) is 353 cm³/mol. The zero-order valence-corrected chi connectivity index (χ0v) is 54.6. The molecule has 0 aromatic heterocycles. The molecule has 1 atom stereocenters. The Morgan fingerprint density at radius 1 is 0.247 bits per heavy atom. The topological polar surface area (TPSA) is 78.9 Å². The van der Waals surface area contributed by atoms with Crippen molar-refractivity contribution in [3.8, 4) is 0 Å². The summed E-state index contributed by atoms with van der Waals surface area (Å²) in [6.45, 7) is 6.65. The molecule has 0 spiro atoms. The monoisotopic (exact) mass is 1140 g/mol. The van der Waals surface area contributed by atoms with E-state index in [1.807, 2.05) is 0 Å². The molecule has 0 heterocycles. The molecule has 0 aromatic carbocycles. The summed E-state index contributed by atoms with van der Waals surface area (Å²) in [4.78, 5) is 38.4. The van der Waals surface area contributed by atoms with E-state index >= 15 is 0 Å². The van der Waals surface area contributed by atoms with Crippen molar-refractivity contribution in [3.05, 3.63) is 48.6 Å². The van der Waals surface area contributed by atoms with E-state index in [0.29, 0.717) is 19.3 Å². The molecule has 0 rings (SSSR count). The highest BCUT2D eigenvalue weighted by Gasteiger charge is 2.19. The van der Waals surface area contributed by atoms with Gasteiger partial charge in [-0.15, -0.1) is 0 Å². The average Bonchev–Trinajstić information content (AvgIpc) is 3.47. The Morgan fingerprint density at radius 2 is 0.457 bits per heavy atom. The van der Waals surface area contributed by atoms with Crippen molar-refractivity contribution < 1.29 is 28.6 Å². The van der Waals surface area contributed by atoms with Crippen LogP contribution in [0.2, 0.25) is 0 Å². The van der Waals surface area contributed by atoms with Crippen molar-refractivity contribution in [3.63, 3.8) is 0 Å². The van der Waals surface area contributed by atoms with Gasteiger partial charge in [0.15, 0.2) is 6.10 Å². The van der Waals surface area contributed by atoms with Gasteiger partial charge < -0.3 is 14.2 Å². The van der Waals surface area contributed by atoms with Crippen LogP contribution in [0.15, 0.2) is 48.6 Å². The van der Waals surface area contributed by atoms with Crippen LogP contribution in [0.25, 0.3) is 0 Å². The largest absolute Gasteiger partial charge is 0.462 e. The molecule has 0 aromatic rings. The first-order valence-corrected chi connectivity index (χ1v) is 36.1. The lowest BCUT2D eigenvalue weighted by atomic mass is 10.0. The molecule has 81 heavy (non-hydrogen) atoms. The lowest BCUT2D eigenvalue weighted by Gasteiger charge is -2.18. The smallest absolute Gasteiger partial charge is 0.306 e. The summed E-state index contributed by atoms with van der Waals surface area (Å²) in [6, 6.07) is 0. The van der Waals surface area contributed by atoms with Crippen molar-refractivity contribution in [1.29, 1.82) is 0 Å². The van der Waals surface area contributed by atoms with Gasteiger partial charge in [0.2, 0.25) is 0 Å². The second kappa shape index (κ2) is 69.9. The Labute approximate surface area is 505 Å². The Hall–Kier alpha value is -2.63. The number of esters is 3. The molecule has 0 saturated carbocycles. The maximum atomic E-state index is 13.0. The van der Waals surface area contributed by atoms with Crippen LogP contribution in [-0.4, -0.2) is 37.2 Å². The van der Waals surface area contributed by atoms with Crippen molar-refractivity contribution in [2.24, 2.45) is 0 Å². The van der Waals surface area contributed by atoms with Crippen molar-refractivity contribution in [2.45, 2.75) is 399 Å². The van der Waals surface area contributed by atoms with Gasteiger partial charge in [-0.05, 0) is 77.0 Å². The number of hydrogen-bond donors (Lipinski definition) is 0. The molecule has 474 valence electrons. The normalized spacial score (nSPS) is 12.3. The number of rotatable bonds is 67. The highest BCUT2D eigenvalue weighted by Crippen LogP contribution is 2.18. The van der Waals surface area contributed by atoms with Gasteiger partial charge in [0.25, 0.3) is 0 Å². The van der Waals surface area contributed by atoms with Crippen LogP contribution in [0, 0.1) is 0 Å². The summed E-state index contributed by atoms with van der Waals surface area (Å²) < 4.78 is 17.0. The first kappa shape index (κ1) is 78.4. The molecule has 6 nitrogen and oxygen atoms in total. The first-order chi connectivity index (χ1) is 40.0. The highest BCUT2D eigenvalue weighted by atomic mass is 16.6. The number of unbranched alkanes of at least 4 members (excludes halogenated alkanes) is 48. The fourth-order valence-corrected chi connectivity index (χ4v) is 10.8. The first-order valence-electron chi connectivity index (χ1n) is 36.1. The molecular weight excluding hydrogens is 997 g/mol. The maximum absolute atomic E-state index is 13.0. The van der Waals surface area contributed by atoms with Gasteiger partial charge in [0, 0.05) is 19.3 Å². The molecule has 0 N–H and O–H groups in total. The molecule has 0 bridgehead atoms. The fourth-order valence-electron chi connectivity index (χ4n) is 10.8. The fraction of sp³-hybridized carbons (Fsp3) is 0.853. The lowest BCUT2D eigenvalue weighted by Crippen LogP contribution is -2.30. The Morgan fingerprint density at radius 3 is 0.716 bits per heavy atom. The van der Waals surface area contributed by atoms with Crippen LogP contribution in [0.3, 0.4) is 0 Å². The van der Waals surface area contributed by atoms with Gasteiger partial charge in [0.05, 0.1) is 0 Å². The van der Waals surface area contributed by atoms with Crippen LogP contribution >= 0.6 is 0 Å². The summed E-state index contributed by atoms with van der Waals surface area (Å²) in [5, 5.41) is 0. The van der Waals surface area contributed by atoms with E-state index in [1.54, 1.807) is 0 Å². The van der Waals surface area contributed by atoms with Gasteiger partial charge in [-0.1, -0.05) is 345 Å². The molecule has 0 radical (unpaired) electrons. The summed E-state index contributed by atoms with van der Waals surface area (Å²) in [7, 11) is 0. The zero-order valence-electron chi connectivity index (χ0n) is 54.6. The molecule has 0 fully saturated rings. The number of carbonyl (C=O) groups excluding carboxylic acids is 3. The SMILES string of the molecule is CCCC/C=C\C/C=C\CCCCCCCC(=O)OCC(COC(=O)CCCCCCCCCCCCCCCCCCC/C=C\C/C=C\CCCCCCC)OC(=O)CCCCCCCCCCCCCCCCCCCCCC. The number of ether oxygens (including phenoxy) is 3. The molecule has 0 aliphatic carbocycles. The molecule has 0 amide bonds. The third-order valence-electron chi connectivity index (χ3n) is 16.3. The minimum atomic E-state index is -0.777. The van der Waals surface area contributed by atoms with Gasteiger partial charge in [-0.2, -0.15) is 0 Å². The number of hydrogen-bond acceptors (Lipinski definition) is 6. The van der Waals surface area contributed by atoms with Gasteiger partial charge >= 0.3 is 17.9 Å². The summed E-state index contributed by atoms with van der Waals surface area (Å²) >= 11 is 0. The van der Waals surface area contributed by atoms with Crippen LogP contribution in [-0.2, 0) is 28.6 Å². The number of carbonyl (C=O) groups is 3. The Kier molecular flexibility index (Phi) is 67.6. The molecular formula is C75H138O6. The Balaban J connectivity index is 4.21. The summed E-state index contributed by atoms with van der Waals surface area (Å²) in [5.41, 5.74) is 0. The van der Waals surface area contributed by atoms with Crippen LogP contribution in [0.1, 0.15) is 393 Å². The molecule has 0 aliphatic rings. The second-order valence-electron chi connectivity index (χ2n) is 24.5. The minimum absolute atomic E-state index is 0.0724. The second-order valence-corrected chi connectivity index (χ2v) is 24.5. The van der Waals surface area contributed by atoms with Crippen molar-refractivity contribution >= 4 is 17.9 Å². The molecule has 0 aliphatic heterocycles. The van der Waals surface area contributed by atoms with Gasteiger partial charge in [-0.3, -0.25) is 14.4 Å². The van der Waals surface area contributed by atoms with E-state index in [0.717, 1.165) is 83.5 Å². The zero-order chi connectivity index (χ0) is 58.5. The van der Waals surface area contributed by atoms with E-state index in [9.17, 15) is 14.4 Å². The van der Waals surface area contributed by atoms with E-state index in [1.165, 1.54) is 270 Å². The quantitative estimate of drug-likeness (QED) is 0.0261. The third-order valence-corrected chi connectivity index (χ3v) is 16.3. The number of allylic oxidation sites excluding steroid dienone is 8. The Bertz CT molecular complexity index is 1400. The van der Waals surface area contributed by atoms with Crippen LogP contribution in [0.4, 0.5) is 0 Å². The molecule has 1 unspecified atom stereocenters. The van der Waals surface area contributed by atoms with E-state index < -0.39 is 6.10 Å². The van der Waals surface area contributed by atoms with Crippen molar-refractivity contribution in [2.75, 3.05) is 13.2 Å². The van der Waals surface area contributed by atoms with E-state index in [-0.39, 0.29) is 31.1 Å². The molecule has 6 heteroatoms. The standard InChI is InChI=1S/C75H138O6/c1-4-7-10-13-16-19-22-25-28-30-32-34-35-36-37-38-39-40-41-42-44-45-47-50-53-56-59-62-65-68-74(77)80-71-72(70-79-73(76)67-64-61-58-55-52-49-27-24-21-18-15-12-9-6-3)81-75(78)69-66-63-60-57-54-51-48-46-43-33-31-29-26-23-20-17-14-11-8-5-2/h15,18,22,24-25,27,30,32,72H,4-14,16-17,19-21,23,26,28-29,31,33-71H2,1-3H3/b18-15-,25-22-,27-24-,32-30-. The van der Waals surface area contributed by atoms with Crippen LogP contribution in [0.5, 0.6) is 0 Å². The lowest BCUT2D eigenvalue weighted by molar-refractivity contribution is -0.167. The highest BCUT2D eigenvalue weighted by molar-refractivity contribution is 5.71. The van der Waals surface area contributed by atoms with Crippen LogP contribution < -0.4 is 0 Å². The van der Waals surface area contributed by atoms with Gasteiger partial charge in [0.1, 0.15) is 13.2 Å². The van der Waals surface area contributed by atoms with Gasteiger partial charge in [-0.25, -0.2) is 0 Å². The molecule has 0 saturated heterocycles. The third kappa shape index (κ3) is 68.0. The minimum Gasteiger partial charge on any atom is -0.462 e. The predicted octanol–water partition coefficient (Wildman–Crippen LogP) is 24.9. The van der Waals surface area contributed by atoms with E-state index in [4.69, 9.17) is 14.2 Å². The average molecular weight is 1140 g/mol. The summed E-state index contributed by atoms with van der Waals surface area (Å²) in [5.74, 6) is -0.859. The van der Waals surface area contributed by atoms with E-state index in [2.05, 4.69) is 69.4 Å². The summed E-state index contributed by atoms with van der Waals surface area (Å²) in [6.07, 6.45) is 88.6. The maximum Gasteiger partial charge on any atom is 0.306 e. The van der Waals surface area contributed by atoms with Crippen molar-refractivity contribution in [1.82, 2.24) is 0 Å².